The molecule has 2 saturated heterocycles. The van der Waals surface area contributed by atoms with E-state index >= 15 is 4.39 Å². The molecular formula is C63H78ClFN6O13. The molecule has 10 atom stereocenters. The van der Waals surface area contributed by atoms with Crippen LogP contribution in [0, 0.1) is 49.3 Å². The first kappa shape index (κ1) is 60.4. The second-order valence-electron chi connectivity index (χ2n) is 24.5. The number of phenolic OH excluding ortho intramolecular Hbond substituents is 3. The van der Waals surface area contributed by atoms with Crippen LogP contribution in [0.3, 0.4) is 0 Å². The molecule has 19 nitrogen and oxygen atoms in total. The first-order valence-electron chi connectivity index (χ1n) is 29.2. The Morgan fingerprint density at radius 3 is 2.29 bits per heavy atom. The van der Waals surface area contributed by atoms with Gasteiger partial charge in [0.1, 0.15) is 29.2 Å². The van der Waals surface area contributed by atoms with Gasteiger partial charge in [-0.2, -0.15) is 5.10 Å². The fourth-order valence-electron chi connectivity index (χ4n) is 13.3. The van der Waals surface area contributed by atoms with Crippen molar-refractivity contribution in [2.24, 2.45) is 34.7 Å². The predicted molar refractivity (Wildman–Crippen MR) is 318 cm³/mol. The van der Waals surface area contributed by atoms with Crippen molar-refractivity contribution < 1.29 is 63.3 Å². The van der Waals surface area contributed by atoms with Crippen LogP contribution in [-0.2, 0) is 23.8 Å². The number of nitrogens with one attached hydrogen (secondary N) is 2. The number of aromatic nitrogens is 1. The lowest BCUT2D eigenvalue weighted by molar-refractivity contribution is -0.160. The van der Waals surface area contributed by atoms with Crippen molar-refractivity contribution in [2.75, 3.05) is 43.5 Å². The molecule has 1 aromatic heterocycles. The maximum absolute atomic E-state index is 16.1. The minimum atomic E-state index is -2.10. The fraction of sp³-hybridized carbons (Fsp3) is 0.540. The molecule has 5 bridgehead atoms. The average molecular weight is 1180 g/mol. The summed E-state index contributed by atoms with van der Waals surface area (Å²) in [5, 5.41) is 73.1. The van der Waals surface area contributed by atoms with E-state index in [9.17, 15) is 44.7 Å². The summed E-state index contributed by atoms with van der Waals surface area (Å²) >= 11 is 7.09. The van der Waals surface area contributed by atoms with Crippen molar-refractivity contribution in [3.05, 3.63) is 91.7 Å². The number of anilines is 2. The van der Waals surface area contributed by atoms with E-state index in [-0.39, 0.29) is 78.5 Å². The highest BCUT2D eigenvalue weighted by Gasteiger charge is 2.53. The normalized spacial score (nSPS) is 30.2. The Labute approximate surface area is 492 Å². The van der Waals surface area contributed by atoms with E-state index in [0.29, 0.717) is 61.2 Å². The monoisotopic (exact) mass is 1180 g/mol. The number of aliphatic hydroxyl groups is 2. The number of hydrogen-bond donors (Lipinski definition) is 7. The number of carbonyl (C=O) groups is 3. The van der Waals surface area contributed by atoms with E-state index in [0.717, 1.165) is 32.1 Å². The largest absolute Gasteiger partial charge is 0.507 e. The molecule has 452 valence electrons. The number of carbonyl (C=O) groups excluding carboxylic acids is 3. The van der Waals surface area contributed by atoms with Crippen molar-refractivity contribution in [3.63, 3.8) is 0 Å². The third-order valence-electron chi connectivity index (χ3n) is 18.7. The zero-order chi connectivity index (χ0) is 60.6. The lowest BCUT2D eigenvalue weighted by Crippen LogP contribution is -2.49. The first-order valence-corrected chi connectivity index (χ1v) is 29.6. The van der Waals surface area contributed by atoms with E-state index in [2.05, 4.69) is 15.2 Å². The Bertz CT molecular complexity index is 3490. The molecule has 21 heteroatoms. The van der Waals surface area contributed by atoms with E-state index in [1.165, 1.54) is 65.5 Å². The molecule has 84 heavy (non-hydrogen) atoms. The Hall–Kier alpha value is -6.71. The average Bonchev–Trinajstić information content (AvgIpc) is 1.59. The van der Waals surface area contributed by atoms with Gasteiger partial charge in [-0.1, -0.05) is 57.5 Å². The summed E-state index contributed by atoms with van der Waals surface area (Å²) in [7, 11) is 1.43. The highest BCUT2D eigenvalue weighted by molar-refractivity contribution is 6.38. The van der Waals surface area contributed by atoms with Gasteiger partial charge in [0.15, 0.2) is 11.2 Å². The number of aromatic hydroxyl groups is 3. The van der Waals surface area contributed by atoms with Gasteiger partial charge < -0.3 is 64.6 Å². The topological polar surface area (TPSA) is 254 Å². The zero-order valence-electron chi connectivity index (χ0n) is 49.3. The fourth-order valence-corrected chi connectivity index (χ4v) is 13.7. The number of methoxy groups -OCH3 is 1. The number of fused-ring (bicyclic) bond motifs is 15. The molecule has 0 spiro atoms. The highest BCUT2D eigenvalue weighted by Crippen LogP contribution is 2.56. The summed E-state index contributed by atoms with van der Waals surface area (Å²) in [4.78, 5) is 56.6. The number of phenols is 3. The Morgan fingerprint density at radius 2 is 1.63 bits per heavy atom. The lowest BCUT2D eigenvalue weighted by Gasteiger charge is -2.38. The minimum Gasteiger partial charge on any atom is -0.507 e. The highest BCUT2D eigenvalue weighted by atomic mass is 35.5. The summed E-state index contributed by atoms with van der Waals surface area (Å²) in [6, 6.07) is 1.72. The second kappa shape index (κ2) is 23.3. The van der Waals surface area contributed by atoms with Crippen LogP contribution in [0.4, 0.5) is 15.8 Å². The zero-order valence-corrected chi connectivity index (χ0v) is 50.1. The van der Waals surface area contributed by atoms with Crippen LogP contribution < -0.4 is 25.7 Å². The molecule has 1 amide bonds. The number of hydrogen-bond acceptors (Lipinski definition) is 17. The Balaban J connectivity index is 0.925. The maximum Gasteiger partial charge on any atom is 0.312 e. The molecule has 4 fully saturated rings. The van der Waals surface area contributed by atoms with Gasteiger partial charge in [-0.15, -0.1) is 0 Å². The van der Waals surface area contributed by atoms with E-state index in [1.807, 2.05) is 16.1 Å². The van der Waals surface area contributed by atoms with Crippen molar-refractivity contribution in [2.45, 2.75) is 155 Å². The number of nitrogens with zero attached hydrogens (tertiary/aromatic N) is 4. The molecule has 1 unspecified atom stereocenters. The van der Waals surface area contributed by atoms with Crippen LogP contribution in [0.1, 0.15) is 127 Å². The van der Waals surface area contributed by atoms with Crippen molar-refractivity contribution in [1.82, 2.24) is 14.9 Å². The van der Waals surface area contributed by atoms with Crippen molar-refractivity contribution in [1.29, 1.82) is 0 Å². The van der Waals surface area contributed by atoms with Gasteiger partial charge in [0, 0.05) is 117 Å². The van der Waals surface area contributed by atoms with Crippen molar-refractivity contribution in [3.8, 4) is 23.0 Å². The van der Waals surface area contributed by atoms with Crippen LogP contribution in [0.5, 0.6) is 23.0 Å². The minimum absolute atomic E-state index is 0.0299. The number of benzene rings is 3. The van der Waals surface area contributed by atoms with Gasteiger partial charge in [-0.05, 0) is 83.8 Å². The number of halogens is 2. The van der Waals surface area contributed by atoms with E-state index in [4.69, 9.17) is 35.6 Å². The smallest absolute Gasteiger partial charge is 0.312 e. The number of piperidine rings is 1. The van der Waals surface area contributed by atoms with Crippen LogP contribution in [0.25, 0.3) is 21.7 Å². The lowest BCUT2D eigenvalue weighted by atomic mass is 9.78. The molecule has 11 rings (SSSR count). The van der Waals surface area contributed by atoms with Gasteiger partial charge in [0.25, 0.3) is 11.7 Å². The molecule has 7 N–H and O–H groups in total. The number of ether oxygens (including phenoxy) is 4. The SMILES string of the molecule is CO[C@H]1/C=C/O[C@@]2(C)Oc3c(C)c(O)c4c(O)c(c(/C=N\N5CCC(NC6(C7CCN(c8c(F)cc9c(=O)c(C)cn(C%10CC%10)c9c8Cl)C7)CC6)CC5)c(O)c4c3C2=O)NC(=O)/C(C)=C\C=C\[C@H](C)[C@H](O)[C@@H](C)[C@@H](O)[C@@H](C)[C@H](OC(C)=O)[C@@H]1C. The standard InChI is InChI=1S/C63H78ClFN6O13/c1-30-12-11-13-31(2)61(80)67-49-42(27-66-70-23-17-39(18-24-70)68-63(20-21-63)38-16-22-69(29-38)51-43(65)26-41-50(48(51)64)71(40-14-15-40)28-32(3)53(41)74)56(77)45-46(57(49)78)55(76)36(7)59-47(45)60(79)62(9,84-59)82-25-19-44(81-10)33(4)58(83-37(8)72)35(6)54(75)34(5)52(30)73/h11-13,19,25-28,30,33-35,38-40,44,52,54,58,68,73,75-78H,14-18,20-24,29H2,1-10H3,(H,67,80)/b12-11+,25-19+,31-13-,66-27-/t30-,33+,34+,35+,38?,44-,52-,54+,58+,62-/m0/s1. The van der Waals surface area contributed by atoms with Gasteiger partial charge in [-0.25, -0.2) is 4.39 Å². The van der Waals surface area contributed by atoms with E-state index in [1.54, 1.807) is 46.8 Å². The van der Waals surface area contributed by atoms with Crippen molar-refractivity contribution >= 4 is 68.5 Å². The number of amides is 1. The molecule has 4 aromatic rings. The number of Topliss-reactive ketones (excluding diaryl/α,β-unsaturated/α-hetero) is 1. The van der Waals surface area contributed by atoms with Gasteiger partial charge in [0.2, 0.25) is 0 Å². The van der Waals surface area contributed by atoms with Crippen LogP contribution in [0.2, 0.25) is 5.02 Å². The molecule has 6 heterocycles. The number of ketones is 1. The van der Waals surface area contributed by atoms with Gasteiger partial charge >= 0.3 is 11.8 Å². The predicted octanol–water partition coefficient (Wildman–Crippen LogP) is 8.95. The summed E-state index contributed by atoms with van der Waals surface area (Å²) in [5.74, 6) is -9.00. The van der Waals surface area contributed by atoms with Gasteiger partial charge in [0.05, 0.1) is 74.6 Å². The third kappa shape index (κ3) is 11.0. The molecule has 3 aromatic carbocycles. The number of pyridine rings is 1. The number of allylic oxidation sites excluding steroid dienone is 2. The molecule has 0 radical (unpaired) electrons. The maximum atomic E-state index is 16.1. The molecular weight excluding hydrogens is 1100 g/mol. The summed E-state index contributed by atoms with van der Waals surface area (Å²) in [6.45, 7) is 16.5. The Kier molecular flexibility index (Phi) is 16.7. The van der Waals surface area contributed by atoms with Crippen LogP contribution in [0.15, 0.2) is 58.3 Å². The quantitative estimate of drug-likeness (QED) is 0.0357. The summed E-state index contributed by atoms with van der Waals surface area (Å²) < 4.78 is 42.1. The molecule has 5 aliphatic heterocycles. The number of esters is 1. The molecule has 7 aliphatic rings. The summed E-state index contributed by atoms with van der Waals surface area (Å²) in [5.41, 5.74) is 0.636. The number of aryl methyl sites for hydroxylation is 1. The number of rotatable bonds is 9. The molecule has 2 saturated carbocycles. The number of hydrazone groups is 1. The first-order chi connectivity index (χ1) is 39.8. The third-order valence-corrected chi connectivity index (χ3v) is 19.1. The summed E-state index contributed by atoms with van der Waals surface area (Å²) in [6.07, 6.45) is 12.7. The van der Waals surface area contributed by atoms with Gasteiger partial charge in [-0.3, -0.25) is 24.2 Å². The second-order valence-corrected chi connectivity index (χ2v) is 24.9. The number of aliphatic hydroxyl groups excluding tert-OH is 2. The Morgan fingerprint density at radius 1 is 0.929 bits per heavy atom. The van der Waals surface area contributed by atoms with E-state index < -0.39 is 94.6 Å². The van der Waals surface area contributed by atoms with Crippen LogP contribution in [-0.4, -0.2) is 134 Å². The molecule has 2 aliphatic carbocycles. The van der Waals surface area contributed by atoms with Crippen LogP contribution >= 0.6 is 11.6 Å².